The number of fused-ring (bicyclic) bond motifs is 1. The summed E-state index contributed by atoms with van der Waals surface area (Å²) in [6, 6.07) is 0. The van der Waals surface area contributed by atoms with Crippen LogP contribution in [0.25, 0.3) is 11.2 Å². The van der Waals surface area contributed by atoms with Gasteiger partial charge in [0.1, 0.15) is 0 Å². The fourth-order valence-corrected chi connectivity index (χ4v) is 2.31. The van der Waals surface area contributed by atoms with Gasteiger partial charge in [-0.2, -0.15) is 0 Å². The van der Waals surface area contributed by atoms with Crippen LogP contribution in [0.5, 0.6) is 0 Å². The molecule has 0 spiro atoms. The van der Waals surface area contributed by atoms with Crippen LogP contribution in [-0.4, -0.2) is 30.4 Å². The second-order valence-corrected chi connectivity index (χ2v) is 4.84. The van der Waals surface area contributed by atoms with E-state index in [1.54, 1.807) is 17.9 Å². The molecule has 0 aromatic carbocycles. The van der Waals surface area contributed by atoms with E-state index in [9.17, 15) is 9.59 Å². The maximum atomic E-state index is 12.5. The first-order valence-electron chi connectivity index (χ1n) is 6.87. The van der Waals surface area contributed by atoms with Crippen molar-refractivity contribution in [1.29, 1.82) is 0 Å². The first-order valence-corrected chi connectivity index (χ1v) is 6.87. The van der Waals surface area contributed by atoms with Crippen molar-refractivity contribution >= 4 is 11.2 Å². The standard InChI is InChI=1S/C13H20N4O3/c1-3-6-16-9-14-11-10(16)12(19)17(7-4-5-8-18)13(20)15(11)2/h9,18H,3-8H2,1-2H3. The largest absolute Gasteiger partial charge is 0.396 e. The number of aromatic nitrogens is 4. The fourth-order valence-electron chi connectivity index (χ4n) is 2.31. The molecular weight excluding hydrogens is 260 g/mol. The van der Waals surface area contributed by atoms with Gasteiger partial charge in [0.2, 0.25) is 0 Å². The molecule has 0 atom stereocenters. The van der Waals surface area contributed by atoms with Gasteiger partial charge in [0.05, 0.1) is 6.33 Å². The van der Waals surface area contributed by atoms with E-state index in [0.717, 1.165) is 6.42 Å². The van der Waals surface area contributed by atoms with Crippen LogP contribution < -0.4 is 11.2 Å². The van der Waals surface area contributed by atoms with Crippen molar-refractivity contribution in [2.45, 2.75) is 39.3 Å². The number of aliphatic hydroxyl groups is 1. The van der Waals surface area contributed by atoms with Gasteiger partial charge < -0.3 is 9.67 Å². The van der Waals surface area contributed by atoms with E-state index in [1.165, 1.54) is 9.13 Å². The zero-order valence-electron chi connectivity index (χ0n) is 11.9. The Kier molecular flexibility index (Phi) is 4.39. The molecule has 0 aliphatic carbocycles. The van der Waals surface area contributed by atoms with Crippen molar-refractivity contribution in [3.8, 4) is 0 Å². The average Bonchev–Trinajstić information content (AvgIpc) is 2.85. The molecule has 0 aliphatic rings. The molecule has 0 saturated carbocycles. The van der Waals surface area contributed by atoms with Crippen LogP contribution in [0.4, 0.5) is 0 Å². The Hall–Kier alpha value is -1.89. The van der Waals surface area contributed by atoms with Crippen molar-refractivity contribution in [2.75, 3.05) is 6.61 Å². The molecular formula is C13H20N4O3. The first-order chi connectivity index (χ1) is 9.61. The number of nitrogens with zero attached hydrogens (tertiary/aromatic N) is 4. The normalized spacial score (nSPS) is 11.3. The average molecular weight is 280 g/mol. The predicted molar refractivity (Wildman–Crippen MR) is 75.8 cm³/mol. The molecule has 110 valence electrons. The van der Waals surface area contributed by atoms with Crippen LogP contribution in [0.3, 0.4) is 0 Å². The molecule has 0 radical (unpaired) electrons. The molecule has 2 heterocycles. The highest BCUT2D eigenvalue weighted by atomic mass is 16.3. The summed E-state index contributed by atoms with van der Waals surface area (Å²) in [6.07, 6.45) is 3.66. The van der Waals surface area contributed by atoms with Gasteiger partial charge in [0.25, 0.3) is 5.56 Å². The van der Waals surface area contributed by atoms with Gasteiger partial charge in [-0.15, -0.1) is 0 Å². The lowest BCUT2D eigenvalue weighted by molar-refractivity contribution is 0.280. The van der Waals surface area contributed by atoms with Crippen LogP contribution in [0.2, 0.25) is 0 Å². The highest BCUT2D eigenvalue weighted by Crippen LogP contribution is 2.06. The lowest BCUT2D eigenvalue weighted by Gasteiger charge is -2.09. The van der Waals surface area contributed by atoms with Crippen LogP contribution in [-0.2, 0) is 20.1 Å². The van der Waals surface area contributed by atoms with Crippen LogP contribution in [0, 0.1) is 0 Å². The molecule has 0 aliphatic heterocycles. The van der Waals surface area contributed by atoms with Gasteiger partial charge >= 0.3 is 5.69 Å². The molecule has 1 N–H and O–H groups in total. The Morgan fingerprint density at radius 3 is 2.65 bits per heavy atom. The summed E-state index contributed by atoms with van der Waals surface area (Å²) in [4.78, 5) is 28.8. The van der Waals surface area contributed by atoms with Crippen molar-refractivity contribution in [3.63, 3.8) is 0 Å². The maximum Gasteiger partial charge on any atom is 0.332 e. The lowest BCUT2D eigenvalue weighted by atomic mass is 10.3. The van der Waals surface area contributed by atoms with Gasteiger partial charge in [-0.1, -0.05) is 6.92 Å². The summed E-state index contributed by atoms with van der Waals surface area (Å²) in [5.41, 5.74) is 0.235. The SMILES string of the molecule is CCCn1cnc2c1c(=O)n(CCCCO)c(=O)n2C. The van der Waals surface area contributed by atoms with Crippen molar-refractivity contribution in [3.05, 3.63) is 27.2 Å². The summed E-state index contributed by atoms with van der Waals surface area (Å²) in [5.74, 6) is 0. The highest BCUT2D eigenvalue weighted by molar-refractivity contribution is 5.69. The molecule has 7 nitrogen and oxygen atoms in total. The molecule has 0 bridgehead atoms. The van der Waals surface area contributed by atoms with Crippen LogP contribution in [0.1, 0.15) is 26.2 Å². The number of rotatable bonds is 6. The minimum absolute atomic E-state index is 0.0606. The summed E-state index contributed by atoms with van der Waals surface area (Å²) in [5, 5.41) is 8.81. The van der Waals surface area contributed by atoms with E-state index in [0.29, 0.717) is 37.1 Å². The topological polar surface area (TPSA) is 82.1 Å². The second kappa shape index (κ2) is 6.04. The van der Waals surface area contributed by atoms with Crippen molar-refractivity contribution < 1.29 is 5.11 Å². The number of imidazole rings is 1. The monoisotopic (exact) mass is 280 g/mol. The van der Waals surface area contributed by atoms with E-state index in [2.05, 4.69) is 4.98 Å². The third-order valence-electron chi connectivity index (χ3n) is 3.36. The maximum absolute atomic E-state index is 12.5. The molecule has 0 saturated heterocycles. The smallest absolute Gasteiger partial charge is 0.332 e. The van der Waals surface area contributed by atoms with E-state index < -0.39 is 0 Å². The Balaban J connectivity index is 2.60. The number of hydrogen-bond acceptors (Lipinski definition) is 4. The molecule has 0 fully saturated rings. The zero-order valence-corrected chi connectivity index (χ0v) is 11.9. The third-order valence-corrected chi connectivity index (χ3v) is 3.36. The highest BCUT2D eigenvalue weighted by Gasteiger charge is 2.15. The van der Waals surface area contributed by atoms with Gasteiger partial charge in [-0.05, 0) is 19.3 Å². The Morgan fingerprint density at radius 1 is 1.25 bits per heavy atom. The second-order valence-electron chi connectivity index (χ2n) is 4.84. The van der Waals surface area contributed by atoms with Gasteiger partial charge in [0.15, 0.2) is 11.2 Å². The lowest BCUT2D eigenvalue weighted by Crippen LogP contribution is -2.39. The zero-order chi connectivity index (χ0) is 14.7. The summed E-state index contributed by atoms with van der Waals surface area (Å²) in [7, 11) is 1.62. The first kappa shape index (κ1) is 14.5. The molecule has 20 heavy (non-hydrogen) atoms. The van der Waals surface area contributed by atoms with Crippen LogP contribution in [0.15, 0.2) is 15.9 Å². The van der Waals surface area contributed by atoms with E-state index >= 15 is 0 Å². The quantitative estimate of drug-likeness (QED) is 0.760. The van der Waals surface area contributed by atoms with E-state index in [-0.39, 0.29) is 17.9 Å². The van der Waals surface area contributed by atoms with E-state index in [1.807, 2.05) is 6.92 Å². The number of aliphatic hydroxyl groups excluding tert-OH is 1. The van der Waals surface area contributed by atoms with Gasteiger partial charge in [-0.3, -0.25) is 13.9 Å². The molecule has 2 aromatic rings. The minimum atomic E-state index is -0.359. The Bertz CT molecular complexity index is 711. The third kappa shape index (κ3) is 2.40. The summed E-state index contributed by atoms with van der Waals surface area (Å²) in [6.45, 7) is 3.10. The molecule has 0 amide bonds. The summed E-state index contributed by atoms with van der Waals surface area (Å²) < 4.78 is 4.42. The minimum Gasteiger partial charge on any atom is -0.396 e. The van der Waals surface area contributed by atoms with Crippen molar-refractivity contribution in [2.24, 2.45) is 7.05 Å². The van der Waals surface area contributed by atoms with Gasteiger partial charge in [-0.25, -0.2) is 9.78 Å². The fraction of sp³-hybridized carbons (Fsp3) is 0.615. The Labute approximate surface area is 116 Å². The molecule has 0 unspecified atom stereocenters. The molecule has 2 rings (SSSR count). The van der Waals surface area contributed by atoms with Crippen LogP contribution >= 0.6 is 0 Å². The molecule has 7 heteroatoms. The van der Waals surface area contributed by atoms with Gasteiger partial charge in [0, 0.05) is 26.7 Å². The Morgan fingerprint density at radius 2 is 2.00 bits per heavy atom. The predicted octanol–water partition coefficient (Wildman–Crippen LogP) is 0.0792. The van der Waals surface area contributed by atoms with Crippen molar-refractivity contribution in [1.82, 2.24) is 18.7 Å². The number of unbranched alkanes of at least 4 members (excludes halogenated alkanes) is 1. The molecule has 2 aromatic heterocycles. The summed E-state index contributed by atoms with van der Waals surface area (Å²) >= 11 is 0. The number of aryl methyl sites for hydroxylation is 2. The van der Waals surface area contributed by atoms with E-state index in [4.69, 9.17) is 5.11 Å². The number of hydrogen-bond donors (Lipinski definition) is 1.